The normalized spacial score (nSPS) is 9.88. The summed E-state index contributed by atoms with van der Waals surface area (Å²) >= 11 is 0. The van der Waals surface area contributed by atoms with Gasteiger partial charge in [0.25, 0.3) is 0 Å². The van der Waals surface area contributed by atoms with Gasteiger partial charge in [-0.15, -0.1) is 0 Å². The van der Waals surface area contributed by atoms with Crippen LogP contribution in [0.1, 0.15) is 5.56 Å². The first-order valence-corrected chi connectivity index (χ1v) is 5.29. The summed E-state index contributed by atoms with van der Waals surface area (Å²) in [4.78, 5) is 5.14. The fourth-order valence-corrected chi connectivity index (χ4v) is 1.23. The van der Waals surface area contributed by atoms with E-state index in [2.05, 4.69) is 5.48 Å². The fourth-order valence-electron chi connectivity index (χ4n) is 1.23. The largest absolute Gasteiger partial charge is 0.478 e. The standard InChI is InChI=1S/C12H16N2O3/c1-15-8-9-17-14-10-11-4-2-3-5-12(11)16-7-6-13/h2-5,14H,7-10H2,1H3. The lowest BCUT2D eigenvalue weighted by Gasteiger charge is -2.10. The highest BCUT2D eigenvalue weighted by Gasteiger charge is 2.02. The zero-order valence-corrected chi connectivity index (χ0v) is 9.81. The Morgan fingerprint density at radius 2 is 2.12 bits per heavy atom. The molecule has 0 atom stereocenters. The maximum absolute atomic E-state index is 8.46. The molecule has 0 aromatic heterocycles. The van der Waals surface area contributed by atoms with Crippen LogP contribution in [-0.2, 0) is 16.1 Å². The summed E-state index contributed by atoms with van der Waals surface area (Å²) in [5, 5.41) is 8.46. The number of hydroxylamine groups is 1. The summed E-state index contributed by atoms with van der Waals surface area (Å²) in [7, 11) is 1.62. The van der Waals surface area contributed by atoms with E-state index in [9.17, 15) is 0 Å². The first kappa shape index (κ1) is 13.5. The third-order valence-electron chi connectivity index (χ3n) is 2.02. The Labute approximate surface area is 101 Å². The minimum atomic E-state index is 0.0432. The van der Waals surface area contributed by atoms with Crippen molar-refractivity contribution in [2.45, 2.75) is 6.54 Å². The highest BCUT2D eigenvalue weighted by molar-refractivity contribution is 5.33. The van der Waals surface area contributed by atoms with Gasteiger partial charge in [-0.3, -0.25) is 4.84 Å². The Bertz CT molecular complexity index is 363. The lowest BCUT2D eigenvalue weighted by atomic mass is 10.2. The van der Waals surface area contributed by atoms with Crippen molar-refractivity contribution >= 4 is 0 Å². The molecule has 0 aliphatic heterocycles. The van der Waals surface area contributed by atoms with Crippen molar-refractivity contribution in [1.29, 1.82) is 5.26 Å². The van der Waals surface area contributed by atoms with E-state index in [-0.39, 0.29) is 6.61 Å². The summed E-state index contributed by atoms with van der Waals surface area (Å²) in [5.74, 6) is 0.692. The van der Waals surface area contributed by atoms with Crippen LogP contribution in [0.4, 0.5) is 0 Å². The first-order valence-electron chi connectivity index (χ1n) is 5.29. The Morgan fingerprint density at radius 1 is 1.29 bits per heavy atom. The lowest BCUT2D eigenvalue weighted by molar-refractivity contribution is 0.00319. The zero-order chi connectivity index (χ0) is 12.3. The fraction of sp³-hybridized carbons (Fsp3) is 0.417. The molecule has 17 heavy (non-hydrogen) atoms. The Hall–Kier alpha value is -1.61. The number of para-hydroxylation sites is 1. The van der Waals surface area contributed by atoms with Gasteiger partial charge >= 0.3 is 0 Å². The Balaban J connectivity index is 2.38. The molecule has 1 aromatic carbocycles. The van der Waals surface area contributed by atoms with Crippen LogP contribution in [0.25, 0.3) is 0 Å². The lowest BCUT2D eigenvalue weighted by Crippen LogP contribution is -2.17. The second-order valence-corrected chi connectivity index (χ2v) is 3.22. The topological polar surface area (TPSA) is 63.5 Å². The molecule has 1 N–H and O–H groups in total. The maximum Gasteiger partial charge on any atom is 0.174 e. The number of benzene rings is 1. The monoisotopic (exact) mass is 236 g/mol. The SMILES string of the molecule is COCCONCc1ccccc1OCC#N. The minimum absolute atomic E-state index is 0.0432. The van der Waals surface area contributed by atoms with Gasteiger partial charge in [-0.25, -0.2) is 0 Å². The molecular weight excluding hydrogens is 220 g/mol. The third kappa shape index (κ3) is 5.31. The third-order valence-corrected chi connectivity index (χ3v) is 2.02. The van der Waals surface area contributed by atoms with Crippen molar-refractivity contribution in [2.24, 2.45) is 0 Å². The van der Waals surface area contributed by atoms with Crippen LogP contribution in [0, 0.1) is 11.3 Å². The maximum atomic E-state index is 8.46. The molecule has 0 unspecified atom stereocenters. The molecule has 0 spiro atoms. The van der Waals surface area contributed by atoms with E-state index in [1.807, 2.05) is 30.3 Å². The van der Waals surface area contributed by atoms with Crippen LogP contribution in [0.3, 0.4) is 0 Å². The molecule has 0 heterocycles. The molecule has 5 heteroatoms. The van der Waals surface area contributed by atoms with E-state index < -0.39 is 0 Å². The average Bonchev–Trinajstić information content (AvgIpc) is 2.37. The molecule has 5 nitrogen and oxygen atoms in total. The number of hydrogen-bond donors (Lipinski definition) is 1. The molecule has 92 valence electrons. The van der Waals surface area contributed by atoms with Crippen LogP contribution in [-0.4, -0.2) is 26.9 Å². The Morgan fingerprint density at radius 3 is 2.88 bits per heavy atom. The van der Waals surface area contributed by atoms with Crippen molar-refractivity contribution in [1.82, 2.24) is 5.48 Å². The highest BCUT2D eigenvalue weighted by atomic mass is 16.7. The molecule has 0 aliphatic rings. The van der Waals surface area contributed by atoms with Gasteiger partial charge in [-0.2, -0.15) is 10.7 Å². The molecule has 0 radical (unpaired) electrons. The van der Waals surface area contributed by atoms with Crippen molar-refractivity contribution < 1.29 is 14.3 Å². The van der Waals surface area contributed by atoms with Gasteiger partial charge in [0, 0.05) is 19.2 Å². The highest BCUT2D eigenvalue weighted by Crippen LogP contribution is 2.17. The quantitative estimate of drug-likeness (QED) is 0.543. The van der Waals surface area contributed by atoms with Gasteiger partial charge < -0.3 is 9.47 Å². The van der Waals surface area contributed by atoms with Gasteiger partial charge in [-0.05, 0) is 6.07 Å². The van der Waals surface area contributed by atoms with E-state index in [0.29, 0.717) is 25.5 Å². The molecule has 0 saturated carbocycles. The number of nitrogens with zero attached hydrogens (tertiary/aromatic N) is 1. The predicted molar refractivity (Wildman–Crippen MR) is 62.2 cm³/mol. The van der Waals surface area contributed by atoms with Crippen LogP contribution in [0.2, 0.25) is 0 Å². The van der Waals surface area contributed by atoms with Crippen LogP contribution in [0.5, 0.6) is 5.75 Å². The van der Waals surface area contributed by atoms with Crippen molar-refractivity contribution in [3.63, 3.8) is 0 Å². The minimum Gasteiger partial charge on any atom is -0.478 e. The first-order chi connectivity index (χ1) is 8.38. The summed E-state index contributed by atoms with van der Waals surface area (Å²) in [6, 6.07) is 9.45. The van der Waals surface area contributed by atoms with E-state index in [1.54, 1.807) is 7.11 Å². The molecule has 1 aromatic rings. The molecular formula is C12H16N2O3. The van der Waals surface area contributed by atoms with E-state index in [4.69, 9.17) is 19.6 Å². The summed E-state index contributed by atoms with van der Waals surface area (Å²) < 4.78 is 10.1. The van der Waals surface area contributed by atoms with Crippen molar-refractivity contribution in [2.75, 3.05) is 26.9 Å². The number of ether oxygens (including phenoxy) is 2. The predicted octanol–water partition coefficient (Wildman–Crippen LogP) is 1.26. The average molecular weight is 236 g/mol. The van der Waals surface area contributed by atoms with Crippen LogP contribution >= 0.6 is 0 Å². The molecule has 0 amide bonds. The number of methoxy groups -OCH3 is 1. The second-order valence-electron chi connectivity index (χ2n) is 3.22. The number of rotatable bonds is 8. The second kappa shape index (κ2) is 8.53. The summed E-state index contributed by atoms with van der Waals surface area (Å²) in [5.41, 5.74) is 3.76. The van der Waals surface area contributed by atoms with E-state index >= 15 is 0 Å². The van der Waals surface area contributed by atoms with E-state index in [0.717, 1.165) is 5.56 Å². The van der Waals surface area contributed by atoms with Crippen molar-refractivity contribution in [3.05, 3.63) is 29.8 Å². The van der Waals surface area contributed by atoms with Gasteiger partial charge in [0.05, 0.1) is 13.2 Å². The van der Waals surface area contributed by atoms with Crippen LogP contribution < -0.4 is 10.2 Å². The number of nitrogens with one attached hydrogen (secondary N) is 1. The summed E-state index contributed by atoms with van der Waals surface area (Å²) in [6.07, 6.45) is 0. The molecule has 1 rings (SSSR count). The zero-order valence-electron chi connectivity index (χ0n) is 9.81. The number of hydrogen-bond acceptors (Lipinski definition) is 5. The molecule has 0 aliphatic carbocycles. The number of nitriles is 1. The molecule has 0 bridgehead atoms. The Kier molecular flexibility index (Phi) is 6.75. The van der Waals surface area contributed by atoms with Gasteiger partial charge in [0.2, 0.25) is 0 Å². The van der Waals surface area contributed by atoms with Crippen LogP contribution in [0.15, 0.2) is 24.3 Å². The molecule has 0 saturated heterocycles. The van der Waals surface area contributed by atoms with Gasteiger partial charge in [0.1, 0.15) is 11.8 Å². The van der Waals surface area contributed by atoms with E-state index in [1.165, 1.54) is 0 Å². The van der Waals surface area contributed by atoms with Gasteiger partial charge in [0.15, 0.2) is 6.61 Å². The summed E-state index contributed by atoms with van der Waals surface area (Å²) in [6.45, 7) is 1.59. The van der Waals surface area contributed by atoms with Crippen molar-refractivity contribution in [3.8, 4) is 11.8 Å². The van der Waals surface area contributed by atoms with Gasteiger partial charge in [-0.1, -0.05) is 18.2 Å². The molecule has 0 fully saturated rings. The smallest absolute Gasteiger partial charge is 0.174 e.